The molecule has 0 atom stereocenters. The van der Waals surface area contributed by atoms with E-state index in [-0.39, 0.29) is 5.66 Å². The van der Waals surface area contributed by atoms with Crippen LogP contribution in [0.1, 0.15) is 219 Å². The van der Waals surface area contributed by atoms with Crippen LogP contribution in [0, 0.1) is 0 Å². The first-order valence-electron chi connectivity index (χ1n) is 21.6. The second-order valence-electron chi connectivity index (χ2n) is 15.6. The van der Waals surface area contributed by atoms with E-state index in [2.05, 4.69) is 56.1 Å². The van der Waals surface area contributed by atoms with E-state index in [1.165, 1.54) is 209 Å². The highest BCUT2D eigenvalue weighted by molar-refractivity contribution is 5.94. The van der Waals surface area contributed by atoms with Crippen LogP contribution in [0.2, 0.25) is 0 Å². The highest BCUT2D eigenvalue weighted by Crippen LogP contribution is 2.34. The third-order valence-corrected chi connectivity index (χ3v) is 11.2. The lowest BCUT2D eigenvalue weighted by molar-refractivity contribution is 0.368. The van der Waals surface area contributed by atoms with Gasteiger partial charge in [-0.05, 0) is 42.4 Å². The normalized spacial score (nSPS) is 13.5. The van der Waals surface area contributed by atoms with Gasteiger partial charge in [-0.15, -0.1) is 0 Å². The summed E-state index contributed by atoms with van der Waals surface area (Å²) in [7, 11) is 0. The number of rotatable bonds is 32. The van der Waals surface area contributed by atoms with Crippen LogP contribution in [0.25, 0.3) is 17.4 Å². The summed E-state index contributed by atoms with van der Waals surface area (Å²) in [6.45, 7) is 9.03. The first kappa shape index (κ1) is 40.6. The third-order valence-electron chi connectivity index (χ3n) is 11.2. The van der Waals surface area contributed by atoms with Crippen molar-refractivity contribution in [1.82, 2.24) is 0 Å². The fourth-order valence-electron chi connectivity index (χ4n) is 8.07. The van der Waals surface area contributed by atoms with Gasteiger partial charge in [0.05, 0.1) is 5.36 Å². The maximum atomic E-state index is 5.53. The molecule has 0 spiro atoms. The van der Waals surface area contributed by atoms with Crippen LogP contribution in [0.3, 0.4) is 0 Å². The summed E-state index contributed by atoms with van der Waals surface area (Å²) >= 11 is 0. The van der Waals surface area contributed by atoms with Crippen molar-refractivity contribution in [3.05, 3.63) is 40.9 Å². The molecule has 0 saturated heterocycles. The van der Waals surface area contributed by atoms with Gasteiger partial charge in [-0.1, -0.05) is 224 Å². The summed E-state index contributed by atoms with van der Waals surface area (Å²) in [6, 6.07) is 11.1. The standard InChI is InChI=1S/C46H78N2/c1-4-6-8-10-12-14-16-18-20-22-24-26-28-30-32-39-46(47-43-36-34-35-42-38-37-41(3)45(48-46)44(42)43)40-33-31-29-27-25-23-21-19-17-15-13-11-9-7-5-2/h34-38,47H,3-33,39-40H2,1-2H3. The van der Waals surface area contributed by atoms with Gasteiger partial charge in [0.25, 0.3) is 0 Å². The molecular weight excluding hydrogens is 581 g/mol. The zero-order valence-corrected chi connectivity index (χ0v) is 32.2. The largest absolute Gasteiger partial charge is 0.361 e. The van der Waals surface area contributed by atoms with Crippen molar-refractivity contribution in [3.8, 4) is 0 Å². The highest BCUT2D eigenvalue weighted by atomic mass is 15.2. The summed E-state index contributed by atoms with van der Waals surface area (Å²) in [4.78, 5) is 5.53. The smallest absolute Gasteiger partial charge is 0.130 e. The van der Waals surface area contributed by atoms with Crippen molar-refractivity contribution >= 4 is 23.0 Å². The molecule has 0 saturated carbocycles. The molecule has 0 unspecified atom stereocenters. The minimum atomic E-state index is -0.178. The monoisotopic (exact) mass is 659 g/mol. The Morgan fingerprint density at radius 3 is 1.25 bits per heavy atom. The Morgan fingerprint density at radius 1 is 0.479 bits per heavy atom. The zero-order valence-electron chi connectivity index (χ0n) is 32.2. The number of nitrogens with zero attached hydrogens (tertiary/aromatic N) is 1. The van der Waals surface area contributed by atoms with Gasteiger partial charge >= 0.3 is 0 Å². The molecule has 0 radical (unpaired) electrons. The maximum absolute atomic E-state index is 5.53. The summed E-state index contributed by atoms with van der Waals surface area (Å²) in [5, 5.41) is 8.78. The van der Waals surface area contributed by atoms with E-state index in [1.807, 2.05) is 0 Å². The molecule has 0 amide bonds. The summed E-state index contributed by atoms with van der Waals surface area (Å²) in [5.41, 5.74) is 1.09. The van der Waals surface area contributed by atoms with E-state index >= 15 is 0 Å². The van der Waals surface area contributed by atoms with Crippen LogP contribution in [-0.4, -0.2) is 5.66 Å². The highest BCUT2D eigenvalue weighted by Gasteiger charge is 2.31. The van der Waals surface area contributed by atoms with Gasteiger partial charge in [-0.2, -0.15) is 0 Å². The van der Waals surface area contributed by atoms with E-state index in [0.29, 0.717) is 0 Å². The summed E-state index contributed by atoms with van der Waals surface area (Å²) < 4.78 is 0. The molecule has 0 fully saturated rings. The van der Waals surface area contributed by atoms with Gasteiger partial charge in [0.2, 0.25) is 0 Å². The van der Waals surface area contributed by atoms with Crippen LogP contribution in [-0.2, 0) is 0 Å². The molecule has 0 bridgehead atoms. The van der Waals surface area contributed by atoms with Gasteiger partial charge < -0.3 is 5.32 Å². The molecule has 272 valence electrons. The van der Waals surface area contributed by atoms with Crippen molar-refractivity contribution in [2.45, 2.75) is 225 Å². The lowest BCUT2D eigenvalue weighted by Crippen LogP contribution is -2.44. The number of unbranched alkanes of at least 4 members (excludes halogenated alkanes) is 28. The second kappa shape index (κ2) is 26.0. The maximum Gasteiger partial charge on any atom is 0.130 e. The minimum Gasteiger partial charge on any atom is -0.361 e. The molecule has 0 aromatic heterocycles. The van der Waals surface area contributed by atoms with Crippen LogP contribution in [0.5, 0.6) is 0 Å². The topological polar surface area (TPSA) is 24.4 Å². The Hall–Kier alpha value is -1.83. The lowest BCUT2D eigenvalue weighted by atomic mass is 9.91. The van der Waals surface area contributed by atoms with Gasteiger partial charge in [-0.3, -0.25) is 4.99 Å². The number of nitrogens with one attached hydrogen (secondary N) is 1. The quantitative estimate of drug-likeness (QED) is 0.0777. The molecule has 1 aliphatic rings. The number of hydrogen-bond acceptors (Lipinski definition) is 2. The van der Waals surface area contributed by atoms with E-state index in [4.69, 9.17) is 4.99 Å². The van der Waals surface area contributed by atoms with E-state index in [9.17, 15) is 0 Å². The fourth-order valence-corrected chi connectivity index (χ4v) is 8.07. The third kappa shape index (κ3) is 16.3. The molecule has 2 aromatic carbocycles. The lowest BCUT2D eigenvalue weighted by Gasteiger charge is -2.36. The molecule has 1 heterocycles. The summed E-state index contributed by atoms with van der Waals surface area (Å²) in [5.74, 6) is 0. The average molecular weight is 659 g/mol. The van der Waals surface area contributed by atoms with Crippen molar-refractivity contribution in [3.63, 3.8) is 0 Å². The first-order valence-corrected chi connectivity index (χ1v) is 21.6. The number of anilines is 1. The van der Waals surface area contributed by atoms with Gasteiger partial charge in [0.1, 0.15) is 5.66 Å². The molecule has 2 aromatic rings. The first-order chi connectivity index (χ1) is 23.7. The Morgan fingerprint density at radius 2 is 0.854 bits per heavy atom. The Bertz CT molecular complexity index is 1150. The Labute approximate surface area is 298 Å². The Balaban J connectivity index is 1.34. The zero-order chi connectivity index (χ0) is 34.0. The van der Waals surface area contributed by atoms with Crippen LogP contribution in [0.15, 0.2) is 35.3 Å². The molecular formula is C46H78N2. The van der Waals surface area contributed by atoms with Crippen molar-refractivity contribution in [2.24, 2.45) is 4.99 Å². The predicted octanol–water partition coefficient (Wildman–Crippen LogP) is 14.5. The van der Waals surface area contributed by atoms with Crippen LogP contribution in [0.4, 0.5) is 5.69 Å². The van der Waals surface area contributed by atoms with Crippen LogP contribution < -0.4 is 15.9 Å². The second-order valence-corrected chi connectivity index (χ2v) is 15.6. The molecule has 48 heavy (non-hydrogen) atoms. The molecule has 1 aliphatic heterocycles. The molecule has 1 N–H and O–H groups in total. The molecule has 2 nitrogen and oxygen atoms in total. The minimum absolute atomic E-state index is 0.178. The fraction of sp³-hybridized carbons (Fsp3) is 0.761. The van der Waals surface area contributed by atoms with E-state index in [1.54, 1.807) is 0 Å². The van der Waals surface area contributed by atoms with Gasteiger partial charge in [0.15, 0.2) is 0 Å². The van der Waals surface area contributed by atoms with Gasteiger partial charge in [-0.25, -0.2) is 0 Å². The van der Waals surface area contributed by atoms with Crippen LogP contribution >= 0.6 is 0 Å². The van der Waals surface area contributed by atoms with E-state index in [0.717, 1.165) is 23.4 Å². The van der Waals surface area contributed by atoms with Crippen molar-refractivity contribution < 1.29 is 0 Å². The SMILES string of the molecule is C=c1ccc2cccc3c2c1=NC(CCCCCCCCCCCCCCCCC)(CCCCCCCCCCCCCCCCC)N3. The summed E-state index contributed by atoms with van der Waals surface area (Å²) in [6.07, 6.45) is 44.6. The van der Waals surface area contributed by atoms with Crippen molar-refractivity contribution in [2.75, 3.05) is 5.32 Å². The van der Waals surface area contributed by atoms with E-state index < -0.39 is 0 Å². The molecule has 2 heteroatoms. The number of hydrogen-bond donors (Lipinski definition) is 1. The Kier molecular flexibility index (Phi) is 22.0. The molecule has 0 aliphatic carbocycles. The average Bonchev–Trinajstić information content (AvgIpc) is 3.10. The van der Waals surface area contributed by atoms with Gasteiger partial charge in [0, 0.05) is 11.1 Å². The molecule has 3 rings (SSSR count). The number of benzene rings is 2. The van der Waals surface area contributed by atoms with Crippen molar-refractivity contribution in [1.29, 1.82) is 0 Å². The predicted molar refractivity (Wildman–Crippen MR) is 216 cm³/mol.